The summed E-state index contributed by atoms with van der Waals surface area (Å²) in [5.74, 6) is -0.222. The average molecular weight is 254 g/mol. The molecule has 0 heterocycles. The Morgan fingerprint density at radius 3 is 2.42 bits per heavy atom. The van der Waals surface area contributed by atoms with E-state index < -0.39 is 0 Å². The lowest BCUT2D eigenvalue weighted by Crippen LogP contribution is -2.16. The second-order valence-corrected chi connectivity index (χ2v) is 4.59. The number of aryl methyl sites for hydroxylation is 1. The fourth-order valence-corrected chi connectivity index (χ4v) is 1.97. The molecule has 0 atom stereocenters. The summed E-state index contributed by atoms with van der Waals surface area (Å²) >= 11 is 0. The van der Waals surface area contributed by atoms with Gasteiger partial charge in [0.05, 0.1) is 11.6 Å². The maximum absolute atomic E-state index is 12.8. The highest BCUT2D eigenvalue weighted by Gasteiger charge is 2.05. The van der Waals surface area contributed by atoms with E-state index in [1.54, 1.807) is 12.1 Å². The molecule has 0 amide bonds. The van der Waals surface area contributed by atoms with Crippen LogP contribution in [0.25, 0.3) is 0 Å². The lowest BCUT2D eigenvalue weighted by molar-refractivity contribution is 0.627. The summed E-state index contributed by atoms with van der Waals surface area (Å²) in [6.07, 6.45) is 0. The minimum Gasteiger partial charge on any atom is -0.370 e. The number of nitriles is 1. The van der Waals surface area contributed by atoms with Gasteiger partial charge in [-0.2, -0.15) is 5.26 Å². The van der Waals surface area contributed by atoms with E-state index in [0.29, 0.717) is 12.1 Å². The molecule has 0 spiro atoms. The minimum absolute atomic E-state index is 0.222. The standard InChI is InChI=1S/C16H15FN2/c1-12-9-16(8-5-14(12)10-18)19(2)11-13-3-6-15(17)7-4-13/h3-9H,11H2,1-2H3. The largest absolute Gasteiger partial charge is 0.370 e. The predicted molar refractivity (Wildman–Crippen MR) is 74.4 cm³/mol. The molecule has 2 aromatic rings. The topological polar surface area (TPSA) is 27.0 Å². The summed E-state index contributed by atoms with van der Waals surface area (Å²) in [5.41, 5.74) is 3.75. The molecule has 0 radical (unpaired) electrons. The summed E-state index contributed by atoms with van der Waals surface area (Å²) < 4.78 is 12.8. The highest BCUT2D eigenvalue weighted by atomic mass is 19.1. The molecule has 0 fully saturated rings. The van der Waals surface area contributed by atoms with Gasteiger partial charge in [-0.25, -0.2) is 4.39 Å². The third-order valence-corrected chi connectivity index (χ3v) is 3.10. The fraction of sp³-hybridized carbons (Fsp3) is 0.188. The van der Waals surface area contributed by atoms with Crippen LogP contribution in [0.3, 0.4) is 0 Å². The van der Waals surface area contributed by atoms with E-state index in [9.17, 15) is 4.39 Å². The molecule has 19 heavy (non-hydrogen) atoms. The van der Waals surface area contributed by atoms with E-state index in [1.165, 1.54) is 12.1 Å². The van der Waals surface area contributed by atoms with Crippen molar-refractivity contribution in [2.45, 2.75) is 13.5 Å². The van der Waals surface area contributed by atoms with Gasteiger partial charge in [-0.05, 0) is 48.4 Å². The van der Waals surface area contributed by atoms with Gasteiger partial charge in [0.15, 0.2) is 0 Å². The number of benzene rings is 2. The Hall–Kier alpha value is -2.34. The van der Waals surface area contributed by atoms with Gasteiger partial charge in [0, 0.05) is 19.3 Å². The van der Waals surface area contributed by atoms with E-state index in [1.807, 2.05) is 32.2 Å². The van der Waals surface area contributed by atoms with Crippen LogP contribution in [0, 0.1) is 24.1 Å². The molecule has 0 aliphatic heterocycles. The van der Waals surface area contributed by atoms with Gasteiger partial charge in [0.25, 0.3) is 0 Å². The molecule has 2 nitrogen and oxygen atoms in total. The van der Waals surface area contributed by atoms with Crippen molar-refractivity contribution >= 4 is 5.69 Å². The number of hydrogen-bond donors (Lipinski definition) is 0. The van der Waals surface area contributed by atoms with Gasteiger partial charge in [-0.15, -0.1) is 0 Å². The number of halogens is 1. The first-order valence-corrected chi connectivity index (χ1v) is 6.06. The Kier molecular flexibility index (Phi) is 3.82. The Morgan fingerprint density at radius 2 is 1.84 bits per heavy atom. The first kappa shape index (κ1) is 13.1. The van der Waals surface area contributed by atoms with Gasteiger partial charge in [-0.3, -0.25) is 0 Å². The zero-order chi connectivity index (χ0) is 13.8. The Balaban J connectivity index is 2.16. The first-order valence-electron chi connectivity index (χ1n) is 6.06. The summed E-state index contributed by atoms with van der Waals surface area (Å²) in [6, 6.07) is 14.4. The normalized spacial score (nSPS) is 10.0. The lowest BCUT2D eigenvalue weighted by atomic mass is 10.1. The van der Waals surface area contributed by atoms with Crippen LogP contribution in [0.1, 0.15) is 16.7 Å². The van der Waals surface area contributed by atoms with Gasteiger partial charge in [0.1, 0.15) is 5.82 Å². The quantitative estimate of drug-likeness (QED) is 0.836. The molecule has 0 saturated heterocycles. The van der Waals surface area contributed by atoms with Gasteiger partial charge in [0.2, 0.25) is 0 Å². The molecule has 0 N–H and O–H groups in total. The van der Waals surface area contributed by atoms with Crippen molar-refractivity contribution in [2.24, 2.45) is 0 Å². The molecule has 2 aromatic carbocycles. The van der Waals surface area contributed by atoms with Gasteiger partial charge >= 0.3 is 0 Å². The van der Waals surface area contributed by atoms with Gasteiger partial charge < -0.3 is 4.90 Å². The average Bonchev–Trinajstić information content (AvgIpc) is 2.41. The van der Waals surface area contributed by atoms with Crippen molar-refractivity contribution in [1.29, 1.82) is 5.26 Å². The monoisotopic (exact) mass is 254 g/mol. The molecule has 0 saturated carbocycles. The Bertz CT molecular complexity index is 612. The molecule has 0 unspecified atom stereocenters. The summed E-state index contributed by atoms with van der Waals surface area (Å²) in [5, 5.41) is 8.91. The van der Waals surface area contributed by atoms with Crippen molar-refractivity contribution in [1.82, 2.24) is 0 Å². The summed E-state index contributed by atoms with van der Waals surface area (Å²) in [7, 11) is 1.98. The number of hydrogen-bond acceptors (Lipinski definition) is 2. The molecule has 0 aliphatic carbocycles. The van der Waals surface area contributed by atoms with Crippen LogP contribution < -0.4 is 4.90 Å². The Morgan fingerprint density at radius 1 is 1.16 bits per heavy atom. The smallest absolute Gasteiger partial charge is 0.123 e. The predicted octanol–water partition coefficient (Wildman–Crippen LogP) is 3.64. The van der Waals surface area contributed by atoms with Crippen molar-refractivity contribution in [2.75, 3.05) is 11.9 Å². The van der Waals surface area contributed by atoms with E-state index in [0.717, 1.165) is 16.8 Å². The molecule has 3 heteroatoms. The Labute approximate surface area is 112 Å². The lowest BCUT2D eigenvalue weighted by Gasteiger charge is -2.20. The molecule has 0 bridgehead atoms. The summed E-state index contributed by atoms with van der Waals surface area (Å²) in [4.78, 5) is 2.07. The van der Waals surface area contributed by atoms with Crippen LogP contribution in [0.15, 0.2) is 42.5 Å². The maximum atomic E-state index is 12.8. The summed E-state index contributed by atoms with van der Waals surface area (Å²) in [6.45, 7) is 2.62. The highest BCUT2D eigenvalue weighted by molar-refractivity contribution is 5.53. The number of nitrogens with zero attached hydrogens (tertiary/aromatic N) is 2. The van der Waals surface area contributed by atoms with Crippen molar-refractivity contribution in [3.8, 4) is 6.07 Å². The molecular formula is C16H15FN2. The molecular weight excluding hydrogens is 239 g/mol. The van der Waals surface area contributed by atoms with Crippen LogP contribution >= 0.6 is 0 Å². The van der Waals surface area contributed by atoms with Crippen LogP contribution in [0.5, 0.6) is 0 Å². The number of rotatable bonds is 3. The zero-order valence-corrected chi connectivity index (χ0v) is 11.0. The number of anilines is 1. The third-order valence-electron chi connectivity index (χ3n) is 3.10. The van der Waals surface area contributed by atoms with Crippen molar-refractivity contribution in [3.05, 3.63) is 65.0 Å². The SMILES string of the molecule is Cc1cc(N(C)Cc2ccc(F)cc2)ccc1C#N. The molecule has 0 aliphatic rings. The molecule has 96 valence electrons. The second kappa shape index (κ2) is 5.53. The first-order chi connectivity index (χ1) is 9.10. The second-order valence-electron chi connectivity index (χ2n) is 4.59. The van der Waals surface area contributed by atoms with Crippen molar-refractivity contribution in [3.63, 3.8) is 0 Å². The van der Waals surface area contributed by atoms with Crippen LogP contribution in [0.4, 0.5) is 10.1 Å². The van der Waals surface area contributed by atoms with Crippen LogP contribution in [-0.4, -0.2) is 7.05 Å². The van der Waals surface area contributed by atoms with E-state index in [2.05, 4.69) is 11.0 Å². The van der Waals surface area contributed by atoms with Crippen LogP contribution in [0.2, 0.25) is 0 Å². The van der Waals surface area contributed by atoms with Crippen LogP contribution in [-0.2, 0) is 6.54 Å². The van der Waals surface area contributed by atoms with E-state index >= 15 is 0 Å². The van der Waals surface area contributed by atoms with Gasteiger partial charge in [-0.1, -0.05) is 12.1 Å². The maximum Gasteiger partial charge on any atom is 0.123 e. The molecule has 2 rings (SSSR count). The highest BCUT2D eigenvalue weighted by Crippen LogP contribution is 2.19. The van der Waals surface area contributed by atoms with E-state index in [4.69, 9.17) is 5.26 Å². The molecule has 0 aromatic heterocycles. The fourth-order valence-electron chi connectivity index (χ4n) is 1.97. The minimum atomic E-state index is -0.222. The third kappa shape index (κ3) is 3.11. The zero-order valence-electron chi connectivity index (χ0n) is 11.0. The van der Waals surface area contributed by atoms with E-state index in [-0.39, 0.29) is 5.82 Å². The van der Waals surface area contributed by atoms with Crippen molar-refractivity contribution < 1.29 is 4.39 Å².